The molecule has 2 aromatic carbocycles. The molecule has 0 bridgehead atoms. The Balaban J connectivity index is 1.91. The summed E-state index contributed by atoms with van der Waals surface area (Å²) in [6, 6.07) is 14.4. The van der Waals surface area contributed by atoms with Gasteiger partial charge in [-0.3, -0.25) is 9.59 Å². The van der Waals surface area contributed by atoms with Gasteiger partial charge in [-0.1, -0.05) is 30.7 Å². The van der Waals surface area contributed by atoms with E-state index in [0.29, 0.717) is 22.8 Å². The van der Waals surface area contributed by atoms with Gasteiger partial charge in [0.15, 0.2) is 5.78 Å². The van der Waals surface area contributed by atoms with Crippen LogP contribution in [0.5, 0.6) is 0 Å². The zero-order chi connectivity index (χ0) is 17.8. The van der Waals surface area contributed by atoms with Crippen LogP contribution in [-0.2, 0) is 17.9 Å². The highest BCUT2D eigenvalue weighted by Crippen LogP contribution is 2.18. The fourth-order valence-corrected chi connectivity index (χ4v) is 2.74. The van der Waals surface area contributed by atoms with Gasteiger partial charge < -0.3 is 9.88 Å². The highest BCUT2D eigenvalue weighted by atomic mass is 35.5. The third kappa shape index (κ3) is 3.88. The van der Waals surface area contributed by atoms with E-state index < -0.39 is 0 Å². The summed E-state index contributed by atoms with van der Waals surface area (Å²) in [6.07, 6.45) is 0.407. The van der Waals surface area contributed by atoms with E-state index in [-0.39, 0.29) is 24.8 Å². The van der Waals surface area contributed by atoms with Gasteiger partial charge in [0.25, 0.3) is 0 Å². The van der Waals surface area contributed by atoms with Crippen molar-refractivity contribution in [3.63, 3.8) is 0 Å². The zero-order valence-electron chi connectivity index (χ0n) is 13.8. The van der Waals surface area contributed by atoms with Crippen molar-refractivity contribution in [2.45, 2.75) is 26.4 Å². The number of para-hydroxylation sites is 2. The lowest BCUT2D eigenvalue weighted by Gasteiger charge is -2.09. The molecule has 0 atom stereocenters. The molecular weight excluding hydrogens is 338 g/mol. The van der Waals surface area contributed by atoms with Crippen molar-refractivity contribution in [1.29, 1.82) is 0 Å². The summed E-state index contributed by atoms with van der Waals surface area (Å²) in [4.78, 5) is 28.7. The second-order valence-corrected chi connectivity index (χ2v) is 6.10. The van der Waals surface area contributed by atoms with Crippen molar-refractivity contribution in [3.05, 3.63) is 64.9 Å². The standard InChI is InChI=1S/C19H18ClN3O2/c1-2-19(25)21-11-18-22-15-5-3-4-6-16(15)23(18)12-17(24)13-7-9-14(20)10-8-13/h3-10H,2,11-12H2,1H3,(H,21,25). The fraction of sp³-hybridized carbons (Fsp3) is 0.211. The minimum atomic E-state index is -0.0531. The second-order valence-electron chi connectivity index (χ2n) is 5.66. The summed E-state index contributed by atoms with van der Waals surface area (Å²) >= 11 is 5.88. The lowest BCUT2D eigenvalue weighted by Crippen LogP contribution is -2.24. The van der Waals surface area contributed by atoms with Crippen LogP contribution in [0, 0.1) is 0 Å². The average Bonchev–Trinajstić information content (AvgIpc) is 2.98. The number of rotatable bonds is 6. The largest absolute Gasteiger partial charge is 0.349 e. The van der Waals surface area contributed by atoms with Crippen LogP contribution in [0.3, 0.4) is 0 Å². The van der Waals surface area contributed by atoms with E-state index in [2.05, 4.69) is 10.3 Å². The number of nitrogens with one attached hydrogen (secondary N) is 1. The first-order valence-corrected chi connectivity index (χ1v) is 8.46. The number of halogens is 1. The summed E-state index contributed by atoms with van der Waals surface area (Å²) in [5.41, 5.74) is 2.25. The molecule has 0 fully saturated rings. The first-order chi connectivity index (χ1) is 12.1. The van der Waals surface area contributed by atoms with E-state index >= 15 is 0 Å². The van der Waals surface area contributed by atoms with E-state index in [9.17, 15) is 9.59 Å². The van der Waals surface area contributed by atoms with Gasteiger partial charge in [-0.15, -0.1) is 0 Å². The van der Waals surface area contributed by atoms with Gasteiger partial charge in [0, 0.05) is 17.0 Å². The number of aromatic nitrogens is 2. The molecule has 128 valence electrons. The van der Waals surface area contributed by atoms with Crippen LogP contribution in [0.15, 0.2) is 48.5 Å². The molecule has 0 aliphatic rings. The molecule has 5 nitrogen and oxygen atoms in total. The monoisotopic (exact) mass is 355 g/mol. The molecule has 0 radical (unpaired) electrons. The average molecular weight is 356 g/mol. The first kappa shape index (κ1) is 17.2. The van der Waals surface area contributed by atoms with Crippen molar-refractivity contribution >= 4 is 34.3 Å². The van der Waals surface area contributed by atoms with Gasteiger partial charge in [-0.05, 0) is 36.4 Å². The van der Waals surface area contributed by atoms with Crippen molar-refractivity contribution in [2.75, 3.05) is 0 Å². The number of hydrogen-bond donors (Lipinski definition) is 1. The van der Waals surface area contributed by atoms with Crippen LogP contribution in [0.25, 0.3) is 11.0 Å². The third-order valence-corrected chi connectivity index (χ3v) is 4.22. The van der Waals surface area contributed by atoms with E-state index in [1.54, 1.807) is 31.2 Å². The van der Waals surface area contributed by atoms with Gasteiger partial charge in [0.2, 0.25) is 5.91 Å². The smallest absolute Gasteiger partial charge is 0.220 e. The Hall–Kier alpha value is -2.66. The van der Waals surface area contributed by atoms with Gasteiger partial charge in [-0.25, -0.2) is 4.98 Å². The maximum Gasteiger partial charge on any atom is 0.220 e. The number of amides is 1. The SMILES string of the molecule is CCC(=O)NCc1nc2ccccc2n1CC(=O)c1ccc(Cl)cc1. The molecule has 0 unspecified atom stereocenters. The Bertz CT molecular complexity index is 916. The number of carbonyl (C=O) groups excluding carboxylic acids is 2. The number of hydrogen-bond acceptors (Lipinski definition) is 3. The molecule has 1 aromatic heterocycles. The molecule has 25 heavy (non-hydrogen) atoms. The zero-order valence-corrected chi connectivity index (χ0v) is 14.6. The van der Waals surface area contributed by atoms with Crippen molar-refractivity contribution < 1.29 is 9.59 Å². The van der Waals surface area contributed by atoms with E-state index in [4.69, 9.17) is 11.6 Å². The molecule has 0 aliphatic carbocycles. The summed E-state index contributed by atoms with van der Waals surface area (Å²) in [5, 5.41) is 3.41. The molecular formula is C19H18ClN3O2. The maximum absolute atomic E-state index is 12.6. The number of benzene rings is 2. The predicted octanol–water partition coefficient (Wildman–Crippen LogP) is 3.60. The molecule has 3 aromatic rings. The topological polar surface area (TPSA) is 64.0 Å². The molecule has 0 saturated carbocycles. The maximum atomic E-state index is 12.6. The minimum absolute atomic E-state index is 0.0390. The Morgan fingerprint density at radius 1 is 1.12 bits per heavy atom. The molecule has 0 spiro atoms. The van der Waals surface area contributed by atoms with Gasteiger partial charge >= 0.3 is 0 Å². The molecule has 1 N–H and O–H groups in total. The van der Waals surface area contributed by atoms with Crippen LogP contribution in [0.4, 0.5) is 0 Å². The Labute approximate surface area is 150 Å². The number of fused-ring (bicyclic) bond motifs is 1. The third-order valence-electron chi connectivity index (χ3n) is 3.97. The second kappa shape index (κ2) is 7.49. The van der Waals surface area contributed by atoms with Crippen LogP contribution in [-0.4, -0.2) is 21.2 Å². The normalized spacial score (nSPS) is 10.8. The van der Waals surface area contributed by atoms with Gasteiger partial charge in [-0.2, -0.15) is 0 Å². The van der Waals surface area contributed by atoms with Crippen LogP contribution in [0.2, 0.25) is 5.02 Å². The van der Waals surface area contributed by atoms with E-state index in [1.165, 1.54) is 0 Å². The van der Waals surface area contributed by atoms with Gasteiger partial charge in [0.1, 0.15) is 5.82 Å². The molecule has 1 heterocycles. The van der Waals surface area contributed by atoms with Crippen LogP contribution < -0.4 is 5.32 Å². The summed E-state index contributed by atoms with van der Waals surface area (Å²) in [6.45, 7) is 2.23. The highest BCUT2D eigenvalue weighted by Gasteiger charge is 2.15. The summed E-state index contributed by atoms with van der Waals surface area (Å²) < 4.78 is 1.85. The summed E-state index contributed by atoms with van der Waals surface area (Å²) in [5.74, 6) is 0.566. The minimum Gasteiger partial charge on any atom is -0.349 e. The number of imidazole rings is 1. The number of nitrogens with zero attached hydrogens (tertiary/aromatic N) is 2. The Morgan fingerprint density at radius 2 is 1.84 bits per heavy atom. The molecule has 6 heteroatoms. The fourth-order valence-electron chi connectivity index (χ4n) is 2.61. The Kier molecular flexibility index (Phi) is 5.14. The Morgan fingerprint density at radius 3 is 2.56 bits per heavy atom. The van der Waals surface area contributed by atoms with Crippen molar-refractivity contribution in [2.24, 2.45) is 0 Å². The van der Waals surface area contributed by atoms with Gasteiger partial charge in [0.05, 0.1) is 24.1 Å². The first-order valence-electron chi connectivity index (χ1n) is 8.08. The lowest BCUT2D eigenvalue weighted by molar-refractivity contribution is -0.120. The van der Waals surface area contributed by atoms with Crippen LogP contribution >= 0.6 is 11.6 Å². The van der Waals surface area contributed by atoms with E-state index in [0.717, 1.165) is 11.0 Å². The number of ketones is 1. The number of Topliss-reactive ketones (excluding diaryl/α,β-unsaturated/α-hetero) is 1. The predicted molar refractivity (Wildman–Crippen MR) is 97.7 cm³/mol. The molecule has 3 rings (SSSR count). The number of carbonyl (C=O) groups is 2. The lowest BCUT2D eigenvalue weighted by atomic mass is 10.1. The van der Waals surface area contributed by atoms with Crippen molar-refractivity contribution in [1.82, 2.24) is 14.9 Å². The summed E-state index contributed by atoms with van der Waals surface area (Å²) in [7, 11) is 0. The van der Waals surface area contributed by atoms with E-state index in [1.807, 2.05) is 28.8 Å². The molecule has 1 amide bonds. The molecule has 0 aliphatic heterocycles. The molecule has 0 saturated heterocycles. The quantitative estimate of drug-likeness (QED) is 0.687. The van der Waals surface area contributed by atoms with Crippen molar-refractivity contribution in [3.8, 4) is 0 Å². The van der Waals surface area contributed by atoms with Crippen LogP contribution in [0.1, 0.15) is 29.5 Å². The highest BCUT2D eigenvalue weighted by molar-refractivity contribution is 6.30.